The third-order valence-corrected chi connectivity index (χ3v) is 2.77. The summed E-state index contributed by atoms with van der Waals surface area (Å²) in [5.41, 5.74) is 9.51. The van der Waals surface area contributed by atoms with Crippen molar-refractivity contribution in [2.75, 3.05) is 5.73 Å². The number of rotatable bonds is 4. The van der Waals surface area contributed by atoms with Crippen molar-refractivity contribution in [2.24, 2.45) is 0 Å². The number of hydrogen-bond donors (Lipinski definition) is 1. The molecule has 0 heterocycles. The highest BCUT2D eigenvalue weighted by Gasteiger charge is 2.09. The second-order valence-electron chi connectivity index (χ2n) is 4.04. The molecule has 0 saturated heterocycles. The lowest BCUT2D eigenvalue weighted by Gasteiger charge is -2.15. The molecule has 0 aliphatic rings. The summed E-state index contributed by atoms with van der Waals surface area (Å²) in [5.74, 6) is 0.556. The van der Waals surface area contributed by atoms with Crippen molar-refractivity contribution >= 4 is 11.8 Å². The van der Waals surface area contributed by atoms with Crippen LogP contribution in [-0.2, 0) is 0 Å². The Morgan fingerprint density at radius 3 is 2.73 bits per heavy atom. The molecule has 0 radical (unpaired) electrons. The molecular formula is C14H21N. The molecule has 0 aromatic heterocycles. The van der Waals surface area contributed by atoms with Gasteiger partial charge in [0.25, 0.3) is 0 Å². The first-order valence-corrected chi connectivity index (χ1v) is 5.71. The van der Waals surface area contributed by atoms with Gasteiger partial charge in [0.05, 0.1) is 0 Å². The van der Waals surface area contributed by atoms with E-state index in [0.29, 0.717) is 5.92 Å². The summed E-state index contributed by atoms with van der Waals surface area (Å²) in [4.78, 5) is 0. The first-order chi connectivity index (χ1) is 7.20. The van der Waals surface area contributed by atoms with Crippen molar-refractivity contribution in [1.82, 2.24) is 0 Å². The fourth-order valence-electron chi connectivity index (χ4n) is 1.94. The number of benzene rings is 1. The molecule has 0 saturated carbocycles. The second-order valence-corrected chi connectivity index (χ2v) is 4.04. The minimum Gasteiger partial charge on any atom is -0.398 e. The first kappa shape index (κ1) is 11.8. The van der Waals surface area contributed by atoms with E-state index in [2.05, 4.69) is 38.1 Å². The lowest BCUT2D eigenvalue weighted by Crippen LogP contribution is -2.01. The van der Waals surface area contributed by atoms with Gasteiger partial charge in [-0.2, -0.15) is 0 Å². The molecule has 1 heteroatoms. The molecule has 1 aromatic rings. The molecule has 1 atom stereocenters. The number of anilines is 1. The quantitative estimate of drug-likeness (QED) is 0.729. The predicted molar refractivity (Wildman–Crippen MR) is 68.9 cm³/mol. The van der Waals surface area contributed by atoms with Gasteiger partial charge in [0, 0.05) is 5.69 Å². The summed E-state index contributed by atoms with van der Waals surface area (Å²) in [7, 11) is 0. The van der Waals surface area contributed by atoms with E-state index in [4.69, 9.17) is 5.73 Å². The molecule has 0 bridgehead atoms. The Kier molecular flexibility index (Phi) is 4.41. The Hall–Kier alpha value is -1.24. The maximum Gasteiger partial charge on any atom is 0.0422 e. The molecule has 0 aliphatic carbocycles. The topological polar surface area (TPSA) is 26.0 Å². The predicted octanol–water partition coefficient (Wildman–Crippen LogP) is 4.21. The number of nitrogens with two attached hydrogens (primary N) is 1. The van der Waals surface area contributed by atoms with Crippen LogP contribution in [0.3, 0.4) is 0 Å². The van der Waals surface area contributed by atoms with Crippen LogP contribution in [0, 0.1) is 0 Å². The summed E-state index contributed by atoms with van der Waals surface area (Å²) in [6.45, 7) is 6.47. The second kappa shape index (κ2) is 5.59. The van der Waals surface area contributed by atoms with E-state index in [1.54, 1.807) is 0 Å². The Morgan fingerprint density at radius 2 is 2.13 bits per heavy atom. The van der Waals surface area contributed by atoms with Gasteiger partial charge in [0.1, 0.15) is 0 Å². The van der Waals surface area contributed by atoms with Crippen LogP contribution >= 0.6 is 0 Å². The SMILES string of the molecule is C/C=C\c1cccc(C(C)CCC)c1N. The first-order valence-electron chi connectivity index (χ1n) is 5.71. The molecule has 0 aliphatic heterocycles. The van der Waals surface area contributed by atoms with Crippen molar-refractivity contribution < 1.29 is 0 Å². The third kappa shape index (κ3) is 2.85. The monoisotopic (exact) mass is 203 g/mol. The van der Waals surface area contributed by atoms with Crippen molar-refractivity contribution in [3.05, 3.63) is 35.4 Å². The molecule has 2 N–H and O–H groups in total. The van der Waals surface area contributed by atoms with Crippen LogP contribution in [0.5, 0.6) is 0 Å². The van der Waals surface area contributed by atoms with Gasteiger partial charge in [-0.3, -0.25) is 0 Å². The minimum atomic E-state index is 0.556. The van der Waals surface area contributed by atoms with Crippen molar-refractivity contribution in [3.8, 4) is 0 Å². The van der Waals surface area contributed by atoms with Gasteiger partial charge >= 0.3 is 0 Å². The Bertz CT molecular complexity index is 339. The maximum absolute atomic E-state index is 6.15. The average Bonchev–Trinajstić information content (AvgIpc) is 2.22. The minimum absolute atomic E-state index is 0.556. The Morgan fingerprint density at radius 1 is 1.40 bits per heavy atom. The highest BCUT2D eigenvalue weighted by atomic mass is 14.6. The summed E-state index contributed by atoms with van der Waals surface area (Å²) in [5, 5.41) is 0. The Labute approximate surface area is 93.0 Å². The van der Waals surface area contributed by atoms with Crippen LogP contribution in [0.15, 0.2) is 24.3 Å². The standard InChI is InChI=1S/C14H21N/c1-4-7-11(3)13-10-6-9-12(8-5-2)14(13)15/h5-6,8-11H,4,7,15H2,1-3H3/b8-5-. The maximum atomic E-state index is 6.15. The van der Waals surface area contributed by atoms with Crippen molar-refractivity contribution in [1.29, 1.82) is 0 Å². The fraction of sp³-hybridized carbons (Fsp3) is 0.429. The molecular weight excluding hydrogens is 182 g/mol. The number of allylic oxidation sites excluding steroid dienone is 1. The van der Waals surface area contributed by atoms with E-state index in [1.165, 1.54) is 18.4 Å². The molecule has 0 spiro atoms. The highest BCUT2D eigenvalue weighted by Crippen LogP contribution is 2.28. The smallest absolute Gasteiger partial charge is 0.0422 e. The van der Waals surface area contributed by atoms with Crippen molar-refractivity contribution in [2.45, 2.75) is 39.5 Å². The molecule has 1 nitrogen and oxygen atoms in total. The molecule has 1 unspecified atom stereocenters. The summed E-state index contributed by atoms with van der Waals surface area (Å²) >= 11 is 0. The summed E-state index contributed by atoms with van der Waals surface area (Å²) in [6, 6.07) is 6.30. The highest BCUT2D eigenvalue weighted by molar-refractivity contribution is 5.68. The lowest BCUT2D eigenvalue weighted by molar-refractivity contribution is 0.666. The van der Waals surface area contributed by atoms with Gasteiger partial charge < -0.3 is 5.73 Å². The molecule has 0 fully saturated rings. The van der Waals surface area contributed by atoms with E-state index in [1.807, 2.05) is 13.0 Å². The molecule has 1 rings (SSSR count). The van der Waals surface area contributed by atoms with Gasteiger partial charge in [0.15, 0.2) is 0 Å². The van der Waals surface area contributed by atoms with Crippen molar-refractivity contribution in [3.63, 3.8) is 0 Å². The number of para-hydroxylation sites is 1. The zero-order valence-corrected chi connectivity index (χ0v) is 9.96. The van der Waals surface area contributed by atoms with E-state index in [-0.39, 0.29) is 0 Å². The van der Waals surface area contributed by atoms with E-state index in [0.717, 1.165) is 11.3 Å². The van der Waals surface area contributed by atoms with Crippen LogP contribution in [0.2, 0.25) is 0 Å². The largest absolute Gasteiger partial charge is 0.398 e. The summed E-state index contributed by atoms with van der Waals surface area (Å²) < 4.78 is 0. The average molecular weight is 203 g/mol. The molecule has 1 aromatic carbocycles. The molecule has 15 heavy (non-hydrogen) atoms. The van der Waals surface area contributed by atoms with Crippen LogP contribution in [-0.4, -0.2) is 0 Å². The van der Waals surface area contributed by atoms with E-state index < -0.39 is 0 Å². The van der Waals surface area contributed by atoms with Crippen LogP contribution < -0.4 is 5.73 Å². The van der Waals surface area contributed by atoms with Gasteiger partial charge in [-0.25, -0.2) is 0 Å². The summed E-state index contributed by atoms with van der Waals surface area (Å²) in [6.07, 6.45) is 6.50. The number of nitrogen functional groups attached to an aromatic ring is 1. The lowest BCUT2D eigenvalue weighted by atomic mass is 9.93. The normalized spacial score (nSPS) is 13.3. The van der Waals surface area contributed by atoms with Crippen LogP contribution in [0.25, 0.3) is 6.08 Å². The number of hydrogen-bond acceptors (Lipinski definition) is 1. The van der Waals surface area contributed by atoms with Gasteiger partial charge in [-0.05, 0) is 30.4 Å². The third-order valence-electron chi connectivity index (χ3n) is 2.77. The molecule has 82 valence electrons. The zero-order chi connectivity index (χ0) is 11.3. The molecule has 0 amide bonds. The van der Waals surface area contributed by atoms with Gasteiger partial charge in [0.2, 0.25) is 0 Å². The van der Waals surface area contributed by atoms with E-state index in [9.17, 15) is 0 Å². The fourth-order valence-corrected chi connectivity index (χ4v) is 1.94. The van der Waals surface area contributed by atoms with Gasteiger partial charge in [-0.1, -0.05) is 50.6 Å². The Balaban J connectivity index is 3.03. The van der Waals surface area contributed by atoms with Gasteiger partial charge in [-0.15, -0.1) is 0 Å². The van der Waals surface area contributed by atoms with Crippen LogP contribution in [0.4, 0.5) is 5.69 Å². The van der Waals surface area contributed by atoms with E-state index >= 15 is 0 Å². The zero-order valence-electron chi connectivity index (χ0n) is 9.96. The van der Waals surface area contributed by atoms with Crippen LogP contribution in [0.1, 0.15) is 50.7 Å².